The molecule has 0 N–H and O–H groups in total. The predicted molar refractivity (Wildman–Crippen MR) is 111 cm³/mol. The summed E-state index contributed by atoms with van der Waals surface area (Å²) in [7, 11) is 0. The van der Waals surface area contributed by atoms with E-state index < -0.39 is 0 Å². The van der Waals surface area contributed by atoms with Gasteiger partial charge in [-0.05, 0) is 50.5 Å². The number of likely N-dealkylation sites (tertiary alicyclic amines) is 1. The molecule has 0 spiro atoms. The monoisotopic (exact) mass is 415 g/mol. The van der Waals surface area contributed by atoms with Gasteiger partial charge in [-0.3, -0.25) is 9.78 Å². The van der Waals surface area contributed by atoms with Gasteiger partial charge in [0, 0.05) is 24.5 Å². The van der Waals surface area contributed by atoms with Crippen LogP contribution in [-0.2, 0) is 0 Å². The van der Waals surface area contributed by atoms with Crippen molar-refractivity contribution in [3.63, 3.8) is 0 Å². The molecule has 1 saturated heterocycles. The van der Waals surface area contributed by atoms with Crippen LogP contribution in [0.25, 0.3) is 17.1 Å². The summed E-state index contributed by atoms with van der Waals surface area (Å²) in [6.07, 6.45) is 8.25. The Bertz CT molecular complexity index is 1230. The zero-order valence-electron chi connectivity index (χ0n) is 17.3. The molecule has 1 atom stereocenters. The Morgan fingerprint density at radius 3 is 2.77 bits per heavy atom. The number of aryl methyl sites for hydroxylation is 2. The Morgan fingerprint density at radius 1 is 1.13 bits per heavy atom. The molecule has 4 heterocycles. The van der Waals surface area contributed by atoms with Crippen LogP contribution in [0.4, 0.5) is 0 Å². The highest BCUT2D eigenvalue weighted by Crippen LogP contribution is 2.34. The van der Waals surface area contributed by atoms with Gasteiger partial charge < -0.3 is 9.42 Å². The van der Waals surface area contributed by atoms with Crippen LogP contribution in [0.3, 0.4) is 0 Å². The summed E-state index contributed by atoms with van der Waals surface area (Å²) < 4.78 is 5.59. The fraction of sp³-hybridized carbons (Fsp3) is 0.273. The van der Waals surface area contributed by atoms with Crippen molar-refractivity contribution in [2.45, 2.75) is 32.7 Å². The van der Waals surface area contributed by atoms with E-state index in [0.29, 0.717) is 29.5 Å². The maximum absolute atomic E-state index is 13.6. The van der Waals surface area contributed by atoms with Crippen LogP contribution in [0.2, 0.25) is 0 Å². The molecule has 31 heavy (non-hydrogen) atoms. The standard InChI is InChI=1S/C22H21N7O2/c1-14-5-6-18(29-24-9-10-25-29)16(12-14)22(30)28-11-3-4-19(28)21-26-20(27-31-21)17-13-23-8-7-15(17)2/h5-10,12-13,19H,3-4,11H2,1-2H3/t19-/m0/s1. The van der Waals surface area contributed by atoms with Gasteiger partial charge in [-0.15, -0.1) is 0 Å². The minimum absolute atomic E-state index is 0.101. The molecule has 156 valence electrons. The summed E-state index contributed by atoms with van der Waals surface area (Å²) >= 11 is 0. The Labute approximate surface area is 178 Å². The van der Waals surface area contributed by atoms with Crippen molar-refractivity contribution < 1.29 is 9.32 Å². The molecule has 9 nitrogen and oxygen atoms in total. The van der Waals surface area contributed by atoms with Crippen LogP contribution < -0.4 is 0 Å². The fourth-order valence-electron chi connectivity index (χ4n) is 3.94. The summed E-state index contributed by atoms with van der Waals surface area (Å²) in [6, 6.07) is 7.30. The predicted octanol–water partition coefficient (Wildman–Crippen LogP) is 3.31. The quantitative estimate of drug-likeness (QED) is 0.504. The first-order valence-corrected chi connectivity index (χ1v) is 10.1. The number of hydrogen-bond acceptors (Lipinski definition) is 7. The van der Waals surface area contributed by atoms with Gasteiger partial charge in [0.1, 0.15) is 6.04 Å². The van der Waals surface area contributed by atoms with Crippen molar-refractivity contribution in [3.05, 3.63) is 71.6 Å². The Kier molecular flexibility index (Phi) is 4.78. The fourth-order valence-corrected chi connectivity index (χ4v) is 3.94. The van der Waals surface area contributed by atoms with E-state index in [-0.39, 0.29) is 11.9 Å². The average Bonchev–Trinajstić information content (AvgIpc) is 3.54. The number of carbonyl (C=O) groups excluding carboxylic acids is 1. The number of benzene rings is 1. The van der Waals surface area contributed by atoms with E-state index in [4.69, 9.17) is 4.52 Å². The number of hydrogen-bond donors (Lipinski definition) is 0. The van der Waals surface area contributed by atoms with Crippen LogP contribution in [0.1, 0.15) is 46.3 Å². The van der Waals surface area contributed by atoms with Gasteiger partial charge in [0.15, 0.2) is 0 Å². The van der Waals surface area contributed by atoms with Gasteiger partial charge in [-0.25, -0.2) is 0 Å². The van der Waals surface area contributed by atoms with Crippen LogP contribution in [0.15, 0.2) is 53.6 Å². The lowest BCUT2D eigenvalue weighted by Crippen LogP contribution is -2.31. The molecule has 0 unspecified atom stereocenters. The zero-order chi connectivity index (χ0) is 21.4. The molecule has 1 aliphatic heterocycles. The maximum Gasteiger partial charge on any atom is 0.256 e. The van der Waals surface area contributed by atoms with E-state index in [1.54, 1.807) is 29.7 Å². The van der Waals surface area contributed by atoms with E-state index in [9.17, 15) is 4.79 Å². The Balaban J connectivity index is 1.48. The molecular weight excluding hydrogens is 394 g/mol. The van der Waals surface area contributed by atoms with Crippen molar-refractivity contribution in [2.24, 2.45) is 0 Å². The zero-order valence-corrected chi connectivity index (χ0v) is 17.3. The van der Waals surface area contributed by atoms with E-state index in [2.05, 4.69) is 25.3 Å². The van der Waals surface area contributed by atoms with E-state index in [1.165, 1.54) is 4.80 Å². The molecule has 0 bridgehead atoms. The van der Waals surface area contributed by atoms with Crippen molar-refractivity contribution in [3.8, 4) is 17.1 Å². The van der Waals surface area contributed by atoms with Crippen LogP contribution in [0.5, 0.6) is 0 Å². The van der Waals surface area contributed by atoms with Gasteiger partial charge in [0.25, 0.3) is 5.91 Å². The van der Waals surface area contributed by atoms with Gasteiger partial charge >= 0.3 is 0 Å². The summed E-state index contributed by atoms with van der Waals surface area (Å²) in [4.78, 5) is 25.6. The number of nitrogens with zero attached hydrogens (tertiary/aromatic N) is 7. The van der Waals surface area contributed by atoms with Gasteiger partial charge in [-0.1, -0.05) is 16.8 Å². The van der Waals surface area contributed by atoms with Crippen molar-refractivity contribution in [1.82, 2.24) is 35.0 Å². The minimum Gasteiger partial charge on any atom is -0.337 e. The molecule has 4 aromatic rings. The highest BCUT2D eigenvalue weighted by Gasteiger charge is 2.35. The number of carbonyl (C=O) groups is 1. The Hall–Kier alpha value is -3.88. The second kappa shape index (κ2) is 7.75. The highest BCUT2D eigenvalue weighted by molar-refractivity contribution is 5.98. The lowest BCUT2D eigenvalue weighted by atomic mass is 10.1. The van der Waals surface area contributed by atoms with Crippen LogP contribution >= 0.6 is 0 Å². The first kappa shape index (κ1) is 19.1. The van der Waals surface area contributed by atoms with E-state index >= 15 is 0 Å². The molecule has 5 rings (SSSR count). The molecule has 1 aliphatic rings. The van der Waals surface area contributed by atoms with Crippen LogP contribution in [0, 0.1) is 13.8 Å². The third kappa shape index (κ3) is 3.48. The van der Waals surface area contributed by atoms with Crippen molar-refractivity contribution >= 4 is 5.91 Å². The molecule has 1 aromatic carbocycles. The maximum atomic E-state index is 13.6. The molecule has 0 saturated carbocycles. The summed E-state index contributed by atoms with van der Waals surface area (Å²) in [6.45, 7) is 4.55. The van der Waals surface area contributed by atoms with Gasteiger partial charge in [0.2, 0.25) is 11.7 Å². The molecule has 1 fully saturated rings. The molecule has 1 amide bonds. The van der Waals surface area contributed by atoms with E-state index in [1.807, 2.05) is 38.1 Å². The molecular formula is C22H21N7O2. The first-order chi connectivity index (χ1) is 15.1. The molecule has 9 heteroatoms. The normalized spacial score (nSPS) is 16.1. The van der Waals surface area contributed by atoms with Gasteiger partial charge in [0.05, 0.1) is 23.6 Å². The van der Waals surface area contributed by atoms with Crippen LogP contribution in [-0.4, -0.2) is 47.5 Å². The third-order valence-electron chi connectivity index (χ3n) is 5.54. The summed E-state index contributed by atoms with van der Waals surface area (Å²) in [5, 5.41) is 12.5. The topological polar surface area (TPSA) is 103 Å². The minimum atomic E-state index is -0.273. The van der Waals surface area contributed by atoms with Gasteiger partial charge in [-0.2, -0.15) is 20.0 Å². The molecule has 0 radical (unpaired) electrons. The number of amides is 1. The van der Waals surface area contributed by atoms with Crippen molar-refractivity contribution in [2.75, 3.05) is 6.54 Å². The second-order valence-electron chi connectivity index (χ2n) is 7.64. The largest absolute Gasteiger partial charge is 0.337 e. The Morgan fingerprint density at radius 2 is 1.97 bits per heavy atom. The summed E-state index contributed by atoms with van der Waals surface area (Å²) in [5.74, 6) is 0.822. The number of pyridine rings is 1. The third-order valence-corrected chi connectivity index (χ3v) is 5.54. The lowest BCUT2D eigenvalue weighted by Gasteiger charge is -2.23. The molecule has 0 aliphatic carbocycles. The van der Waals surface area contributed by atoms with E-state index in [0.717, 1.165) is 29.5 Å². The average molecular weight is 415 g/mol. The molecule has 3 aromatic heterocycles. The smallest absolute Gasteiger partial charge is 0.256 e. The number of rotatable bonds is 4. The lowest BCUT2D eigenvalue weighted by molar-refractivity contribution is 0.0709. The highest BCUT2D eigenvalue weighted by atomic mass is 16.5. The second-order valence-corrected chi connectivity index (χ2v) is 7.64. The van der Waals surface area contributed by atoms with Crippen molar-refractivity contribution in [1.29, 1.82) is 0 Å². The number of aromatic nitrogens is 6. The summed E-state index contributed by atoms with van der Waals surface area (Å²) in [5.41, 5.74) is 4.01. The first-order valence-electron chi connectivity index (χ1n) is 10.1. The SMILES string of the molecule is Cc1ccc(-n2nccn2)c(C(=O)N2CCC[C@H]2c2nc(-c3cnccc3C)no2)c1.